The van der Waals surface area contributed by atoms with E-state index in [1.807, 2.05) is 0 Å². The van der Waals surface area contributed by atoms with Crippen LogP contribution >= 0.6 is 0 Å². The molecule has 1 aromatic carbocycles. The molecule has 1 aromatic rings. The molecule has 0 amide bonds. The summed E-state index contributed by atoms with van der Waals surface area (Å²) in [5.74, 6) is -0.484. The van der Waals surface area contributed by atoms with Crippen molar-refractivity contribution in [2.45, 2.75) is 32.1 Å². The van der Waals surface area contributed by atoms with Crippen LogP contribution in [0.3, 0.4) is 0 Å². The number of ketones is 2. The minimum Gasteiger partial charge on any atom is -0.299 e. The fraction of sp³-hybridized carbons (Fsp3) is 0.385. The van der Waals surface area contributed by atoms with Gasteiger partial charge >= 0.3 is 0 Å². The molecule has 0 unspecified atom stereocenters. The molecule has 16 heavy (non-hydrogen) atoms. The predicted octanol–water partition coefficient (Wildman–Crippen LogP) is 2.54. The van der Waals surface area contributed by atoms with Gasteiger partial charge in [0.2, 0.25) is 0 Å². The lowest BCUT2D eigenvalue weighted by Gasteiger charge is -2.22. The third-order valence-corrected chi connectivity index (χ3v) is 3.09. The van der Waals surface area contributed by atoms with E-state index < -0.39 is 0 Å². The zero-order valence-electron chi connectivity index (χ0n) is 9.13. The molecule has 0 heterocycles. The molecule has 2 nitrogen and oxygen atoms in total. The van der Waals surface area contributed by atoms with E-state index in [9.17, 15) is 14.0 Å². The summed E-state index contributed by atoms with van der Waals surface area (Å²) in [6, 6.07) is 4.82. The molecule has 0 aliphatic heterocycles. The van der Waals surface area contributed by atoms with E-state index >= 15 is 0 Å². The van der Waals surface area contributed by atoms with Gasteiger partial charge in [0, 0.05) is 12.8 Å². The van der Waals surface area contributed by atoms with Crippen molar-refractivity contribution in [1.29, 1.82) is 0 Å². The fourth-order valence-electron chi connectivity index (χ4n) is 2.27. The Morgan fingerprint density at radius 2 is 1.81 bits per heavy atom. The normalized spacial score (nSPS) is 17.9. The number of rotatable bonds is 1. The van der Waals surface area contributed by atoms with Crippen LogP contribution in [0, 0.1) is 12.7 Å². The van der Waals surface area contributed by atoms with Crippen LogP contribution in [0.1, 0.15) is 36.3 Å². The Bertz CT molecular complexity index is 435. The van der Waals surface area contributed by atoms with Crippen LogP contribution in [-0.2, 0) is 9.59 Å². The molecule has 2 rings (SSSR count). The molecule has 0 atom stereocenters. The molecule has 0 spiro atoms. The van der Waals surface area contributed by atoms with Crippen LogP contribution in [0.15, 0.2) is 18.2 Å². The smallest absolute Gasteiger partial charge is 0.140 e. The first-order valence-electron chi connectivity index (χ1n) is 5.36. The van der Waals surface area contributed by atoms with E-state index in [2.05, 4.69) is 0 Å². The number of halogens is 1. The van der Waals surface area contributed by atoms with Crippen molar-refractivity contribution < 1.29 is 14.0 Å². The van der Waals surface area contributed by atoms with Crippen molar-refractivity contribution >= 4 is 11.6 Å². The highest BCUT2D eigenvalue weighted by molar-refractivity contribution is 6.02. The number of hydrogen-bond donors (Lipinski definition) is 0. The molecule has 1 fully saturated rings. The van der Waals surface area contributed by atoms with Gasteiger partial charge in [0.05, 0.1) is 6.42 Å². The molecule has 0 aromatic heterocycles. The van der Waals surface area contributed by atoms with Crippen LogP contribution in [0.25, 0.3) is 0 Å². The molecule has 0 N–H and O–H groups in total. The number of carbonyl (C=O) groups is 2. The lowest BCUT2D eigenvalue weighted by Crippen LogP contribution is -2.22. The first kappa shape index (κ1) is 11.0. The highest BCUT2D eigenvalue weighted by Gasteiger charge is 2.27. The summed E-state index contributed by atoms with van der Waals surface area (Å²) in [5.41, 5.74) is 1.34. The summed E-state index contributed by atoms with van der Waals surface area (Å²) in [4.78, 5) is 22.7. The zero-order chi connectivity index (χ0) is 11.7. The molecule has 0 radical (unpaired) electrons. The number of carbonyl (C=O) groups excluding carboxylic acids is 2. The number of Topliss-reactive ketones (excluding diaryl/α,β-unsaturated/α-hetero) is 2. The number of benzene rings is 1. The predicted molar refractivity (Wildman–Crippen MR) is 57.7 cm³/mol. The Balaban J connectivity index is 2.33. The first-order valence-corrected chi connectivity index (χ1v) is 5.36. The maximum absolute atomic E-state index is 13.4. The van der Waals surface area contributed by atoms with Gasteiger partial charge in [-0.15, -0.1) is 0 Å². The Hall–Kier alpha value is -1.51. The summed E-state index contributed by atoms with van der Waals surface area (Å²) in [6.07, 6.45) is 0.761. The van der Waals surface area contributed by atoms with Gasteiger partial charge in [-0.05, 0) is 30.0 Å². The van der Waals surface area contributed by atoms with Gasteiger partial charge in [0.25, 0.3) is 0 Å². The molecule has 0 bridgehead atoms. The van der Waals surface area contributed by atoms with Crippen molar-refractivity contribution in [2.75, 3.05) is 0 Å². The Morgan fingerprint density at radius 1 is 1.19 bits per heavy atom. The standard InChI is InChI=1S/C13H13FO2/c1-8-12(3-2-4-13(8)14)9-5-10(15)7-11(16)6-9/h2-4,9H,5-7H2,1H3. The first-order chi connectivity index (χ1) is 7.58. The topological polar surface area (TPSA) is 34.1 Å². The molecule has 84 valence electrons. The minimum absolute atomic E-state index is 0.0371. The molecule has 0 saturated heterocycles. The quantitative estimate of drug-likeness (QED) is 0.681. The molecule has 3 heteroatoms. The lowest BCUT2D eigenvalue weighted by molar-refractivity contribution is -0.130. The molecular formula is C13H13FO2. The summed E-state index contributed by atoms with van der Waals surface area (Å²) < 4.78 is 13.4. The summed E-state index contributed by atoms with van der Waals surface area (Å²) >= 11 is 0. The third kappa shape index (κ3) is 2.03. The second-order valence-corrected chi connectivity index (χ2v) is 4.31. The van der Waals surface area contributed by atoms with Gasteiger partial charge in [-0.25, -0.2) is 4.39 Å². The average molecular weight is 220 g/mol. The highest BCUT2D eigenvalue weighted by atomic mass is 19.1. The van der Waals surface area contributed by atoms with Crippen LogP contribution < -0.4 is 0 Å². The van der Waals surface area contributed by atoms with E-state index in [1.165, 1.54) is 6.07 Å². The number of hydrogen-bond acceptors (Lipinski definition) is 2. The molecule has 1 aliphatic carbocycles. The zero-order valence-corrected chi connectivity index (χ0v) is 9.13. The molecule has 1 aliphatic rings. The lowest BCUT2D eigenvalue weighted by atomic mass is 9.81. The van der Waals surface area contributed by atoms with Gasteiger partial charge in [-0.3, -0.25) is 9.59 Å². The fourth-order valence-corrected chi connectivity index (χ4v) is 2.27. The molecular weight excluding hydrogens is 207 g/mol. The summed E-state index contributed by atoms with van der Waals surface area (Å²) in [6.45, 7) is 1.69. The van der Waals surface area contributed by atoms with E-state index in [4.69, 9.17) is 0 Å². The largest absolute Gasteiger partial charge is 0.299 e. The van der Waals surface area contributed by atoms with Gasteiger partial charge < -0.3 is 0 Å². The van der Waals surface area contributed by atoms with Crippen molar-refractivity contribution in [1.82, 2.24) is 0 Å². The maximum atomic E-state index is 13.4. The Morgan fingerprint density at radius 3 is 2.44 bits per heavy atom. The van der Waals surface area contributed by atoms with Crippen LogP contribution in [0.4, 0.5) is 4.39 Å². The van der Waals surface area contributed by atoms with Crippen molar-refractivity contribution in [2.24, 2.45) is 0 Å². The van der Waals surface area contributed by atoms with Crippen molar-refractivity contribution in [3.63, 3.8) is 0 Å². The van der Waals surface area contributed by atoms with E-state index in [1.54, 1.807) is 19.1 Å². The van der Waals surface area contributed by atoms with Gasteiger partial charge in [0.15, 0.2) is 0 Å². The highest BCUT2D eigenvalue weighted by Crippen LogP contribution is 2.31. The maximum Gasteiger partial charge on any atom is 0.140 e. The van der Waals surface area contributed by atoms with Crippen LogP contribution in [0.5, 0.6) is 0 Å². The van der Waals surface area contributed by atoms with Gasteiger partial charge in [0.1, 0.15) is 17.4 Å². The summed E-state index contributed by atoms with van der Waals surface area (Å²) in [5, 5.41) is 0. The van der Waals surface area contributed by atoms with Crippen LogP contribution in [-0.4, -0.2) is 11.6 Å². The Labute approximate surface area is 93.5 Å². The van der Waals surface area contributed by atoms with E-state index in [-0.39, 0.29) is 29.7 Å². The molecule has 1 saturated carbocycles. The monoisotopic (exact) mass is 220 g/mol. The SMILES string of the molecule is Cc1c(F)cccc1C1CC(=O)CC(=O)C1. The van der Waals surface area contributed by atoms with Crippen molar-refractivity contribution in [3.05, 3.63) is 35.1 Å². The third-order valence-electron chi connectivity index (χ3n) is 3.09. The second kappa shape index (κ2) is 4.16. The van der Waals surface area contributed by atoms with Gasteiger partial charge in [-0.1, -0.05) is 12.1 Å². The average Bonchev–Trinajstić information content (AvgIpc) is 2.20. The van der Waals surface area contributed by atoms with Crippen molar-refractivity contribution in [3.8, 4) is 0 Å². The second-order valence-electron chi connectivity index (χ2n) is 4.31. The van der Waals surface area contributed by atoms with E-state index in [0.29, 0.717) is 18.4 Å². The van der Waals surface area contributed by atoms with E-state index in [0.717, 1.165) is 5.56 Å². The Kier molecular flexibility index (Phi) is 2.86. The summed E-state index contributed by atoms with van der Waals surface area (Å²) in [7, 11) is 0. The van der Waals surface area contributed by atoms with Gasteiger partial charge in [-0.2, -0.15) is 0 Å². The minimum atomic E-state index is -0.275. The van der Waals surface area contributed by atoms with Crippen LogP contribution in [0.2, 0.25) is 0 Å².